The zero-order chi connectivity index (χ0) is 19.8. The molecule has 0 saturated heterocycles. The van der Waals surface area contributed by atoms with Crippen molar-refractivity contribution in [2.75, 3.05) is 5.32 Å². The highest BCUT2D eigenvalue weighted by atomic mass is 16.4. The minimum absolute atomic E-state index is 0.404. The van der Waals surface area contributed by atoms with Crippen LogP contribution in [0.5, 0.6) is 0 Å². The number of aromatic nitrogens is 3. The molecule has 1 atom stereocenters. The van der Waals surface area contributed by atoms with Crippen molar-refractivity contribution in [3.05, 3.63) is 84.3 Å². The summed E-state index contributed by atoms with van der Waals surface area (Å²) in [6.45, 7) is 2.01. The van der Waals surface area contributed by atoms with E-state index in [-0.39, 0.29) is 0 Å². The number of nitrogens with two attached hydrogens (primary N) is 1. The fourth-order valence-corrected chi connectivity index (χ4v) is 3.34. The van der Waals surface area contributed by atoms with E-state index in [2.05, 4.69) is 20.3 Å². The van der Waals surface area contributed by atoms with Gasteiger partial charge in [-0.3, -0.25) is 4.98 Å². The van der Waals surface area contributed by atoms with Crippen LogP contribution in [0.25, 0.3) is 22.4 Å². The minimum atomic E-state index is -0.860. The van der Waals surface area contributed by atoms with Gasteiger partial charge in [-0.25, -0.2) is 9.97 Å². The van der Waals surface area contributed by atoms with E-state index in [0.29, 0.717) is 24.1 Å². The smallest absolute Gasteiger partial charge is 0.299 e. The van der Waals surface area contributed by atoms with Crippen LogP contribution in [-0.2, 0) is 5.54 Å². The van der Waals surface area contributed by atoms with Gasteiger partial charge in [-0.1, -0.05) is 24.3 Å². The third-order valence-electron chi connectivity index (χ3n) is 5.00. The Morgan fingerprint density at radius 2 is 1.93 bits per heavy atom. The maximum Gasteiger partial charge on any atom is 0.299 e. The Balaban J connectivity index is 1.41. The lowest BCUT2D eigenvalue weighted by Crippen LogP contribution is -2.38. The molecule has 3 aromatic heterocycles. The third-order valence-corrected chi connectivity index (χ3v) is 5.00. The quantitative estimate of drug-likeness (QED) is 0.537. The molecule has 4 aromatic rings. The zero-order valence-electron chi connectivity index (χ0n) is 15.8. The molecule has 5 rings (SSSR count). The van der Waals surface area contributed by atoms with Crippen LogP contribution >= 0.6 is 0 Å². The molecule has 144 valence electrons. The number of fused-ring (bicyclic) bond motifs is 1. The lowest BCUT2D eigenvalue weighted by molar-refractivity contribution is 0.396. The van der Waals surface area contributed by atoms with Crippen molar-refractivity contribution in [1.82, 2.24) is 15.0 Å². The summed E-state index contributed by atoms with van der Waals surface area (Å²) in [4.78, 5) is 12.9. The summed E-state index contributed by atoms with van der Waals surface area (Å²) >= 11 is 0. The van der Waals surface area contributed by atoms with E-state index in [1.165, 1.54) is 0 Å². The van der Waals surface area contributed by atoms with Gasteiger partial charge >= 0.3 is 0 Å². The van der Waals surface area contributed by atoms with Crippen LogP contribution in [0.4, 0.5) is 6.01 Å². The van der Waals surface area contributed by atoms with Crippen LogP contribution in [-0.4, -0.2) is 15.0 Å². The maximum atomic E-state index is 6.67. The number of pyridine rings is 1. The lowest BCUT2D eigenvalue weighted by atomic mass is 9.87. The van der Waals surface area contributed by atoms with E-state index in [1.54, 1.807) is 18.6 Å². The number of para-hydroxylation sites is 2. The van der Waals surface area contributed by atoms with Crippen molar-refractivity contribution in [3.8, 4) is 11.3 Å². The molecule has 3 heterocycles. The van der Waals surface area contributed by atoms with Crippen LogP contribution < -0.4 is 11.1 Å². The molecule has 1 unspecified atom stereocenters. The van der Waals surface area contributed by atoms with Crippen LogP contribution in [0.2, 0.25) is 0 Å². The first-order valence-electron chi connectivity index (χ1n) is 9.28. The maximum absolute atomic E-state index is 6.67. The highest BCUT2D eigenvalue weighted by molar-refractivity contribution is 5.72. The summed E-state index contributed by atoms with van der Waals surface area (Å²) < 4.78 is 11.8. The number of benzene rings is 1. The molecule has 1 aliphatic rings. The molecule has 3 N–H and O–H groups in total. The van der Waals surface area contributed by atoms with Gasteiger partial charge in [-0.15, -0.1) is 0 Å². The van der Waals surface area contributed by atoms with E-state index in [4.69, 9.17) is 14.6 Å². The van der Waals surface area contributed by atoms with Gasteiger partial charge in [-0.05, 0) is 36.8 Å². The lowest BCUT2D eigenvalue weighted by Gasteiger charge is -2.28. The third kappa shape index (κ3) is 3.21. The molecule has 0 saturated carbocycles. The summed E-state index contributed by atoms with van der Waals surface area (Å²) in [6, 6.07) is 11.8. The van der Waals surface area contributed by atoms with E-state index in [1.807, 2.05) is 55.5 Å². The normalized spacial score (nSPS) is 19.1. The first-order valence-corrected chi connectivity index (χ1v) is 9.28. The number of hydrogen-bond donors (Lipinski definition) is 2. The Morgan fingerprint density at radius 3 is 2.76 bits per heavy atom. The molecule has 0 aliphatic heterocycles. The Hall–Kier alpha value is -3.71. The standard InChI is InChI=1S/C22H19N5O2/c1-14-6-9-22(23,20-26-16-4-2-3-5-18(16)28-20)12-17(14)27-21-25-13-19(29-21)15-7-10-24-11-8-15/h2-11,13H,12,23H2,1H3,(H,25,27). The number of hydrogen-bond acceptors (Lipinski definition) is 7. The molecule has 0 radical (unpaired) electrons. The summed E-state index contributed by atoms with van der Waals surface area (Å²) in [7, 11) is 0. The molecule has 0 spiro atoms. The Morgan fingerprint density at radius 1 is 1.10 bits per heavy atom. The molecule has 7 nitrogen and oxygen atoms in total. The number of oxazole rings is 2. The summed E-state index contributed by atoms with van der Waals surface area (Å²) in [5, 5.41) is 3.27. The fourth-order valence-electron chi connectivity index (χ4n) is 3.34. The average molecular weight is 385 g/mol. The van der Waals surface area contributed by atoms with Crippen molar-refractivity contribution in [3.63, 3.8) is 0 Å². The monoisotopic (exact) mass is 385 g/mol. The first-order chi connectivity index (χ1) is 14.1. The molecule has 0 bridgehead atoms. The van der Waals surface area contributed by atoms with Crippen LogP contribution in [0.15, 0.2) is 87.2 Å². The predicted octanol–water partition coefficient (Wildman–Crippen LogP) is 4.38. The molecule has 1 aliphatic carbocycles. The van der Waals surface area contributed by atoms with Gasteiger partial charge in [0.15, 0.2) is 11.3 Å². The second-order valence-corrected chi connectivity index (χ2v) is 7.09. The first kappa shape index (κ1) is 17.4. The highest BCUT2D eigenvalue weighted by Crippen LogP contribution is 2.35. The van der Waals surface area contributed by atoms with Gasteiger partial charge in [0.25, 0.3) is 6.01 Å². The average Bonchev–Trinajstić information content (AvgIpc) is 3.39. The molecular weight excluding hydrogens is 366 g/mol. The van der Waals surface area contributed by atoms with E-state index >= 15 is 0 Å². The SMILES string of the molecule is CC1=C(Nc2ncc(-c3ccncc3)o2)CC(N)(c2nc3ccccc3o2)C=C1. The number of nitrogens with zero attached hydrogens (tertiary/aromatic N) is 3. The molecule has 29 heavy (non-hydrogen) atoms. The fraction of sp³-hybridized carbons (Fsp3) is 0.136. The zero-order valence-corrected chi connectivity index (χ0v) is 15.8. The van der Waals surface area contributed by atoms with E-state index in [9.17, 15) is 0 Å². The van der Waals surface area contributed by atoms with Gasteiger partial charge in [0.2, 0.25) is 5.89 Å². The Kier molecular flexibility index (Phi) is 4.03. The summed E-state index contributed by atoms with van der Waals surface area (Å²) in [5.41, 5.74) is 10.2. The summed E-state index contributed by atoms with van der Waals surface area (Å²) in [6.07, 6.45) is 9.49. The predicted molar refractivity (Wildman–Crippen MR) is 110 cm³/mol. The Labute approximate surface area is 167 Å². The van der Waals surface area contributed by atoms with Gasteiger partial charge in [0.1, 0.15) is 11.1 Å². The number of anilines is 1. The van der Waals surface area contributed by atoms with E-state index < -0.39 is 5.54 Å². The second kappa shape index (κ2) is 6.72. The minimum Gasteiger partial charge on any atom is -0.438 e. The number of rotatable bonds is 4. The van der Waals surface area contributed by atoms with E-state index in [0.717, 1.165) is 27.9 Å². The molecule has 1 aromatic carbocycles. The van der Waals surface area contributed by atoms with Gasteiger partial charge in [0, 0.05) is 30.1 Å². The van der Waals surface area contributed by atoms with Crippen molar-refractivity contribution in [2.24, 2.45) is 5.73 Å². The molecular formula is C22H19N5O2. The van der Waals surface area contributed by atoms with Gasteiger partial charge in [0.05, 0.1) is 6.20 Å². The van der Waals surface area contributed by atoms with Crippen molar-refractivity contribution in [1.29, 1.82) is 0 Å². The Bertz CT molecular complexity index is 1210. The number of nitrogens with one attached hydrogen (secondary N) is 1. The topological polar surface area (TPSA) is 103 Å². The van der Waals surface area contributed by atoms with Gasteiger partial charge in [-0.2, -0.15) is 0 Å². The van der Waals surface area contributed by atoms with Crippen molar-refractivity contribution in [2.45, 2.75) is 18.9 Å². The highest BCUT2D eigenvalue weighted by Gasteiger charge is 2.34. The van der Waals surface area contributed by atoms with Crippen molar-refractivity contribution < 1.29 is 8.83 Å². The van der Waals surface area contributed by atoms with Crippen molar-refractivity contribution >= 4 is 17.1 Å². The molecule has 0 amide bonds. The van der Waals surface area contributed by atoms with Crippen LogP contribution in [0, 0.1) is 0 Å². The largest absolute Gasteiger partial charge is 0.438 e. The number of allylic oxidation sites excluding steroid dienone is 2. The molecule has 0 fully saturated rings. The molecule has 7 heteroatoms. The van der Waals surface area contributed by atoms with Crippen LogP contribution in [0.3, 0.4) is 0 Å². The second-order valence-electron chi connectivity index (χ2n) is 7.09. The van der Waals surface area contributed by atoms with Gasteiger partial charge < -0.3 is 19.9 Å². The summed E-state index contributed by atoms with van der Waals surface area (Å²) in [5.74, 6) is 1.14. The van der Waals surface area contributed by atoms with Crippen LogP contribution in [0.1, 0.15) is 19.2 Å².